The van der Waals surface area contributed by atoms with Gasteiger partial charge in [-0.2, -0.15) is 11.8 Å². The third kappa shape index (κ3) is 7.14. The normalized spacial score (nSPS) is 11.2. The number of carbonyl (C=O) groups excluding carboxylic acids is 1. The Balaban J connectivity index is 1.65. The highest BCUT2D eigenvalue weighted by Gasteiger charge is 2.27. The SMILES string of the molecule is Cc1ccccc1CSCCNC(=O)CN(c1cccc(Cl)c1)S(=O)(=O)c1ccc(Cl)cc1. The number of carbonyl (C=O) groups is 1. The van der Waals surface area contributed by atoms with Crippen molar-refractivity contribution in [3.05, 3.63) is 94.0 Å². The lowest BCUT2D eigenvalue weighted by Crippen LogP contribution is -2.41. The maximum Gasteiger partial charge on any atom is 0.264 e. The second-order valence-electron chi connectivity index (χ2n) is 7.27. The van der Waals surface area contributed by atoms with E-state index in [9.17, 15) is 13.2 Å². The molecule has 3 aromatic rings. The summed E-state index contributed by atoms with van der Waals surface area (Å²) in [6, 6.07) is 20.4. The van der Waals surface area contributed by atoms with E-state index in [1.807, 2.05) is 12.1 Å². The molecule has 3 rings (SSSR count). The lowest BCUT2D eigenvalue weighted by molar-refractivity contribution is -0.119. The van der Waals surface area contributed by atoms with Crippen molar-refractivity contribution in [3.63, 3.8) is 0 Å². The van der Waals surface area contributed by atoms with E-state index in [0.29, 0.717) is 28.0 Å². The molecule has 0 aliphatic carbocycles. The van der Waals surface area contributed by atoms with Gasteiger partial charge in [0.25, 0.3) is 10.0 Å². The number of nitrogens with one attached hydrogen (secondary N) is 1. The molecule has 5 nitrogen and oxygen atoms in total. The van der Waals surface area contributed by atoms with Gasteiger partial charge in [0.2, 0.25) is 5.91 Å². The number of nitrogens with zero attached hydrogens (tertiary/aromatic N) is 1. The zero-order valence-corrected chi connectivity index (χ0v) is 21.1. The number of anilines is 1. The number of halogens is 2. The van der Waals surface area contributed by atoms with Gasteiger partial charge in [-0.25, -0.2) is 8.42 Å². The van der Waals surface area contributed by atoms with Crippen molar-refractivity contribution in [3.8, 4) is 0 Å². The number of sulfonamides is 1. The summed E-state index contributed by atoms with van der Waals surface area (Å²) in [5.41, 5.74) is 2.80. The number of aryl methyl sites for hydroxylation is 1. The van der Waals surface area contributed by atoms with Gasteiger partial charge in [-0.15, -0.1) is 0 Å². The minimum Gasteiger partial charge on any atom is -0.354 e. The van der Waals surface area contributed by atoms with E-state index >= 15 is 0 Å². The Hall–Kier alpha value is -2.19. The number of rotatable bonds is 10. The molecule has 0 spiro atoms. The van der Waals surface area contributed by atoms with E-state index in [4.69, 9.17) is 23.2 Å². The topological polar surface area (TPSA) is 66.5 Å². The van der Waals surface area contributed by atoms with Gasteiger partial charge in [-0.1, -0.05) is 53.5 Å². The molecular weight excluding hydrogens is 499 g/mol. The average Bonchev–Trinajstić information content (AvgIpc) is 2.78. The smallest absolute Gasteiger partial charge is 0.264 e. The van der Waals surface area contributed by atoms with Gasteiger partial charge in [0.15, 0.2) is 0 Å². The minimum atomic E-state index is -4.01. The molecule has 3 aromatic carbocycles. The fourth-order valence-corrected chi connectivity index (χ4v) is 5.74. The van der Waals surface area contributed by atoms with E-state index in [-0.39, 0.29) is 11.4 Å². The van der Waals surface area contributed by atoms with Crippen LogP contribution in [0.25, 0.3) is 0 Å². The molecule has 9 heteroatoms. The first-order valence-corrected chi connectivity index (χ1v) is 13.6. The molecule has 0 radical (unpaired) electrons. The van der Waals surface area contributed by atoms with Crippen LogP contribution in [0.3, 0.4) is 0 Å². The molecule has 0 aromatic heterocycles. The number of hydrogen-bond donors (Lipinski definition) is 1. The highest BCUT2D eigenvalue weighted by atomic mass is 35.5. The zero-order chi connectivity index (χ0) is 23.8. The van der Waals surface area contributed by atoms with E-state index in [2.05, 4.69) is 24.4 Å². The Labute approximate surface area is 209 Å². The molecule has 0 bridgehead atoms. The largest absolute Gasteiger partial charge is 0.354 e. The third-order valence-electron chi connectivity index (χ3n) is 4.87. The number of hydrogen-bond acceptors (Lipinski definition) is 4. The first-order valence-electron chi connectivity index (χ1n) is 10.2. The second kappa shape index (κ2) is 11.8. The molecule has 0 saturated carbocycles. The van der Waals surface area contributed by atoms with Crippen molar-refractivity contribution in [2.75, 3.05) is 23.1 Å². The number of amides is 1. The summed E-state index contributed by atoms with van der Waals surface area (Å²) in [7, 11) is -4.01. The lowest BCUT2D eigenvalue weighted by Gasteiger charge is -2.24. The first kappa shape index (κ1) is 25.4. The van der Waals surface area contributed by atoms with Crippen molar-refractivity contribution in [1.82, 2.24) is 5.32 Å². The molecule has 0 aliphatic heterocycles. The summed E-state index contributed by atoms with van der Waals surface area (Å²) in [6.07, 6.45) is 0. The average molecular weight is 524 g/mol. The second-order valence-corrected chi connectivity index (χ2v) is 11.1. The van der Waals surface area contributed by atoms with Crippen molar-refractivity contribution in [2.24, 2.45) is 0 Å². The monoisotopic (exact) mass is 522 g/mol. The van der Waals surface area contributed by atoms with E-state index in [1.165, 1.54) is 41.5 Å². The first-order chi connectivity index (χ1) is 15.8. The number of thioether (sulfide) groups is 1. The van der Waals surface area contributed by atoms with Crippen LogP contribution in [0.4, 0.5) is 5.69 Å². The minimum absolute atomic E-state index is 0.0356. The Bertz CT molecular complexity index is 1200. The molecule has 0 saturated heterocycles. The molecule has 1 amide bonds. The van der Waals surface area contributed by atoms with Crippen molar-refractivity contribution < 1.29 is 13.2 Å². The Morgan fingerprint density at radius 2 is 1.70 bits per heavy atom. The van der Waals surface area contributed by atoms with E-state index in [1.54, 1.807) is 30.0 Å². The molecule has 0 heterocycles. The Morgan fingerprint density at radius 3 is 2.39 bits per heavy atom. The van der Waals surface area contributed by atoms with Crippen LogP contribution in [0, 0.1) is 6.92 Å². The fourth-order valence-electron chi connectivity index (χ4n) is 3.08. The van der Waals surface area contributed by atoms with Gasteiger partial charge in [0, 0.05) is 28.1 Å². The summed E-state index contributed by atoms with van der Waals surface area (Å²) >= 11 is 13.7. The highest BCUT2D eigenvalue weighted by molar-refractivity contribution is 7.98. The maximum atomic E-state index is 13.3. The Morgan fingerprint density at radius 1 is 0.970 bits per heavy atom. The molecule has 1 N–H and O–H groups in total. The van der Waals surface area contributed by atoms with Crippen LogP contribution in [-0.2, 0) is 20.6 Å². The fraction of sp³-hybridized carbons (Fsp3) is 0.208. The molecule has 33 heavy (non-hydrogen) atoms. The van der Waals surface area contributed by atoms with Crippen LogP contribution in [0.5, 0.6) is 0 Å². The van der Waals surface area contributed by atoms with Gasteiger partial charge in [-0.3, -0.25) is 9.10 Å². The predicted octanol–water partition coefficient (Wildman–Crippen LogP) is 5.55. The van der Waals surface area contributed by atoms with Crippen LogP contribution in [0.15, 0.2) is 77.7 Å². The summed E-state index contributed by atoms with van der Waals surface area (Å²) in [4.78, 5) is 12.7. The van der Waals surface area contributed by atoms with Crippen LogP contribution < -0.4 is 9.62 Å². The quantitative estimate of drug-likeness (QED) is 0.354. The van der Waals surface area contributed by atoms with Crippen LogP contribution >= 0.6 is 35.0 Å². The third-order valence-corrected chi connectivity index (χ3v) is 8.16. The van der Waals surface area contributed by atoms with E-state index < -0.39 is 15.9 Å². The van der Waals surface area contributed by atoms with Crippen molar-refractivity contribution in [2.45, 2.75) is 17.6 Å². The molecule has 0 atom stereocenters. The van der Waals surface area contributed by atoms with Crippen molar-refractivity contribution in [1.29, 1.82) is 0 Å². The molecule has 0 unspecified atom stereocenters. The lowest BCUT2D eigenvalue weighted by atomic mass is 10.1. The summed E-state index contributed by atoms with van der Waals surface area (Å²) in [6.45, 7) is 2.14. The standard InChI is InChI=1S/C24H24Cl2N2O3S2/c1-18-5-2-3-6-19(18)17-32-14-13-27-24(29)16-28(22-8-4-7-21(26)15-22)33(30,31)23-11-9-20(25)10-12-23/h2-12,15H,13-14,16-17H2,1H3,(H,27,29). The summed E-state index contributed by atoms with van der Waals surface area (Å²) in [5, 5.41) is 3.60. The maximum absolute atomic E-state index is 13.3. The van der Waals surface area contributed by atoms with Crippen LogP contribution in [-0.4, -0.2) is 33.2 Å². The van der Waals surface area contributed by atoms with Crippen LogP contribution in [0.1, 0.15) is 11.1 Å². The zero-order valence-electron chi connectivity index (χ0n) is 18.0. The molecular formula is C24H24Cl2N2O3S2. The van der Waals surface area contributed by atoms with Crippen molar-refractivity contribution >= 4 is 56.6 Å². The molecule has 0 fully saturated rings. The highest BCUT2D eigenvalue weighted by Crippen LogP contribution is 2.26. The number of benzene rings is 3. The summed E-state index contributed by atoms with van der Waals surface area (Å²) in [5.74, 6) is 1.16. The van der Waals surface area contributed by atoms with Crippen LogP contribution in [0.2, 0.25) is 10.0 Å². The molecule has 0 aliphatic rings. The van der Waals surface area contributed by atoms with Gasteiger partial charge < -0.3 is 5.32 Å². The molecule has 174 valence electrons. The van der Waals surface area contributed by atoms with E-state index in [0.717, 1.165) is 10.1 Å². The van der Waals surface area contributed by atoms with Gasteiger partial charge in [0.1, 0.15) is 6.54 Å². The Kier molecular flexibility index (Phi) is 9.09. The van der Waals surface area contributed by atoms with Gasteiger partial charge >= 0.3 is 0 Å². The van der Waals surface area contributed by atoms with Gasteiger partial charge in [-0.05, 0) is 60.5 Å². The predicted molar refractivity (Wildman–Crippen MR) is 138 cm³/mol. The van der Waals surface area contributed by atoms with Gasteiger partial charge in [0.05, 0.1) is 10.6 Å². The summed E-state index contributed by atoms with van der Waals surface area (Å²) < 4.78 is 27.7.